The van der Waals surface area contributed by atoms with Gasteiger partial charge in [-0.25, -0.2) is 4.79 Å². The third-order valence-corrected chi connectivity index (χ3v) is 5.35. The van der Waals surface area contributed by atoms with Gasteiger partial charge in [0.05, 0.1) is 6.26 Å². The Balaban J connectivity index is 1.49. The Hall–Kier alpha value is -2.03. The highest BCUT2D eigenvalue weighted by Crippen LogP contribution is 2.38. The predicted molar refractivity (Wildman–Crippen MR) is 98.9 cm³/mol. The lowest BCUT2D eigenvalue weighted by Crippen LogP contribution is -2.13. The van der Waals surface area contributed by atoms with E-state index in [1.54, 1.807) is 12.1 Å². The van der Waals surface area contributed by atoms with Gasteiger partial charge in [-0.15, -0.1) is 0 Å². The van der Waals surface area contributed by atoms with Gasteiger partial charge in [-0.2, -0.15) is 0 Å². The molecule has 0 aliphatic heterocycles. The standard InChI is InChI=1S/C22H28O3/c1-2-3-4-6-17-8-10-18(11-9-17)19-12-14-20(15-13-19)25-22(23)21-7-5-16-24-21/h5,7,12-18H,2-4,6,8-11H2,1H3. The summed E-state index contributed by atoms with van der Waals surface area (Å²) < 4.78 is 10.4. The molecule has 0 radical (unpaired) electrons. The van der Waals surface area contributed by atoms with Crippen molar-refractivity contribution in [3.63, 3.8) is 0 Å². The first kappa shape index (κ1) is 17.8. The molecule has 1 saturated carbocycles. The van der Waals surface area contributed by atoms with Crippen LogP contribution in [-0.2, 0) is 0 Å². The third-order valence-electron chi connectivity index (χ3n) is 5.35. The lowest BCUT2D eigenvalue weighted by atomic mass is 9.77. The molecule has 1 fully saturated rings. The van der Waals surface area contributed by atoms with Gasteiger partial charge in [-0.05, 0) is 67.3 Å². The number of ether oxygens (including phenoxy) is 1. The molecule has 25 heavy (non-hydrogen) atoms. The molecule has 2 aromatic rings. The molecule has 134 valence electrons. The first-order chi connectivity index (χ1) is 12.3. The van der Waals surface area contributed by atoms with Crippen molar-refractivity contribution in [1.29, 1.82) is 0 Å². The minimum absolute atomic E-state index is 0.227. The maximum Gasteiger partial charge on any atom is 0.379 e. The summed E-state index contributed by atoms with van der Waals surface area (Å²) in [7, 11) is 0. The second-order valence-corrected chi connectivity index (χ2v) is 7.15. The molecule has 3 heteroatoms. The molecule has 1 aromatic heterocycles. The van der Waals surface area contributed by atoms with Crippen molar-refractivity contribution in [2.75, 3.05) is 0 Å². The fourth-order valence-electron chi connectivity index (χ4n) is 3.83. The Morgan fingerprint density at radius 2 is 1.84 bits per heavy atom. The number of furan rings is 1. The summed E-state index contributed by atoms with van der Waals surface area (Å²) >= 11 is 0. The van der Waals surface area contributed by atoms with E-state index in [1.807, 2.05) is 12.1 Å². The molecule has 1 aliphatic rings. The Kier molecular flexibility index (Phi) is 6.32. The monoisotopic (exact) mass is 340 g/mol. The van der Waals surface area contributed by atoms with Crippen LogP contribution in [-0.4, -0.2) is 5.97 Å². The third kappa shape index (κ3) is 4.97. The fraction of sp³-hybridized carbons (Fsp3) is 0.500. The number of rotatable bonds is 7. The number of carbonyl (C=O) groups excluding carboxylic acids is 1. The predicted octanol–water partition coefficient (Wildman–Crippen LogP) is 6.35. The van der Waals surface area contributed by atoms with Gasteiger partial charge < -0.3 is 9.15 Å². The molecule has 0 N–H and O–H groups in total. The molecule has 0 unspecified atom stereocenters. The van der Waals surface area contributed by atoms with E-state index >= 15 is 0 Å². The maximum absolute atomic E-state index is 11.9. The maximum atomic E-state index is 11.9. The van der Waals surface area contributed by atoms with Crippen LogP contribution in [0.3, 0.4) is 0 Å². The second kappa shape index (κ2) is 8.89. The molecule has 1 aromatic carbocycles. The van der Waals surface area contributed by atoms with Crippen LogP contribution in [0.1, 0.15) is 80.3 Å². The summed E-state index contributed by atoms with van der Waals surface area (Å²) in [6.45, 7) is 2.27. The second-order valence-electron chi connectivity index (χ2n) is 7.15. The van der Waals surface area contributed by atoms with Gasteiger partial charge in [0.1, 0.15) is 5.75 Å². The number of unbranched alkanes of at least 4 members (excludes halogenated alkanes) is 2. The van der Waals surface area contributed by atoms with Crippen LogP contribution in [0.5, 0.6) is 5.75 Å². The van der Waals surface area contributed by atoms with Crippen molar-refractivity contribution in [2.24, 2.45) is 5.92 Å². The largest absolute Gasteiger partial charge is 0.457 e. The lowest BCUT2D eigenvalue weighted by molar-refractivity contribution is 0.0701. The van der Waals surface area contributed by atoms with E-state index in [2.05, 4.69) is 19.1 Å². The van der Waals surface area contributed by atoms with Crippen molar-refractivity contribution >= 4 is 5.97 Å². The average molecular weight is 340 g/mol. The quantitative estimate of drug-likeness (QED) is 0.335. The van der Waals surface area contributed by atoms with Gasteiger partial charge in [0.2, 0.25) is 5.76 Å². The van der Waals surface area contributed by atoms with Crippen molar-refractivity contribution < 1.29 is 13.9 Å². The van der Waals surface area contributed by atoms with E-state index in [0.717, 1.165) is 5.92 Å². The van der Waals surface area contributed by atoms with Crippen LogP contribution in [0.4, 0.5) is 0 Å². The van der Waals surface area contributed by atoms with Crippen LogP contribution < -0.4 is 4.74 Å². The minimum Gasteiger partial charge on any atom is -0.457 e. The molecule has 0 amide bonds. The minimum atomic E-state index is -0.453. The number of carbonyl (C=O) groups is 1. The highest BCUT2D eigenvalue weighted by atomic mass is 16.5. The molecule has 1 aliphatic carbocycles. The summed E-state index contributed by atoms with van der Waals surface area (Å²) in [5, 5.41) is 0. The Morgan fingerprint density at radius 3 is 2.48 bits per heavy atom. The number of benzene rings is 1. The summed E-state index contributed by atoms with van der Waals surface area (Å²) in [5.74, 6) is 1.92. The zero-order valence-electron chi connectivity index (χ0n) is 15.1. The SMILES string of the molecule is CCCCCC1CCC(c2ccc(OC(=O)c3ccco3)cc2)CC1. The number of hydrogen-bond donors (Lipinski definition) is 0. The van der Waals surface area contributed by atoms with E-state index < -0.39 is 5.97 Å². The Bertz CT molecular complexity index is 634. The lowest BCUT2D eigenvalue weighted by Gasteiger charge is -2.29. The Labute approximate surface area is 150 Å². The van der Waals surface area contributed by atoms with E-state index in [9.17, 15) is 4.79 Å². The van der Waals surface area contributed by atoms with Crippen LogP contribution >= 0.6 is 0 Å². The molecular formula is C22H28O3. The van der Waals surface area contributed by atoms with E-state index in [1.165, 1.54) is 63.2 Å². The zero-order valence-corrected chi connectivity index (χ0v) is 15.1. The molecule has 3 nitrogen and oxygen atoms in total. The smallest absolute Gasteiger partial charge is 0.379 e. The molecular weight excluding hydrogens is 312 g/mol. The average Bonchev–Trinajstić information content (AvgIpc) is 3.18. The normalized spacial score (nSPS) is 20.4. The number of esters is 1. The van der Waals surface area contributed by atoms with Crippen molar-refractivity contribution in [3.8, 4) is 5.75 Å². The summed E-state index contributed by atoms with van der Waals surface area (Å²) in [4.78, 5) is 11.9. The summed E-state index contributed by atoms with van der Waals surface area (Å²) in [6, 6.07) is 11.3. The molecule has 0 spiro atoms. The van der Waals surface area contributed by atoms with E-state index in [-0.39, 0.29) is 5.76 Å². The van der Waals surface area contributed by atoms with Crippen molar-refractivity contribution in [3.05, 3.63) is 54.0 Å². The first-order valence-corrected chi connectivity index (χ1v) is 9.62. The van der Waals surface area contributed by atoms with Crippen LogP contribution in [0.2, 0.25) is 0 Å². The Morgan fingerprint density at radius 1 is 1.08 bits per heavy atom. The summed E-state index contributed by atoms with van der Waals surface area (Å²) in [6.07, 6.45) is 12.2. The van der Waals surface area contributed by atoms with Crippen LogP contribution in [0.25, 0.3) is 0 Å². The fourth-order valence-corrected chi connectivity index (χ4v) is 3.83. The van der Waals surface area contributed by atoms with Gasteiger partial charge in [-0.1, -0.05) is 44.7 Å². The van der Waals surface area contributed by atoms with E-state index in [4.69, 9.17) is 9.15 Å². The van der Waals surface area contributed by atoms with Gasteiger partial charge in [0.25, 0.3) is 0 Å². The summed E-state index contributed by atoms with van der Waals surface area (Å²) in [5.41, 5.74) is 1.37. The number of hydrogen-bond acceptors (Lipinski definition) is 3. The van der Waals surface area contributed by atoms with Gasteiger partial charge in [0.15, 0.2) is 0 Å². The highest BCUT2D eigenvalue weighted by Gasteiger charge is 2.22. The van der Waals surface area contributed by atoms with Crippen molar-refractivity contribution in [1.82, 2.24) is 0 Å². The highest BCUT2D eigenvalue weighted by molar-refractivity contribution is 5.88. The van der Waals surface area contributed by atoms with E-state index in [0.29, 0.717) is 11.7 Å². The van der Waals surface area contributed by atoms with Gasteiger partial charge in [-0.3, -0.25) is 0 Å². The molecule has 0 saturated heterocycles. The zero-order chi connectivity index (χ0) is 17.5. The molecule has 3 rings (SSSR count). The topological polar surface area (TPSA) is 39.4 Å². The molecule has 0 atom stereocenters. The molecule has 0 bridgehead atoms. The van der Waals surface area contributed by atoms with Crippen LogP contribution in [0.15, 0.2) is 47.1 Å². The molecule has 1 heterocycles. The van der Waals surface area contributed by atoms with Crippen molar-refractivity contribution in [2.45, 2.75) is 64.2 Å². The van der Waals surface area contributed by atoms with Crippen LogP contribution in [0, 0.1) is 5.92 Å². The van der Waals surface area contributed by atoms with Gasteiger partial charge in [0, 0.05) is 0 Å². The van der Waals surface area contributed by atoms with Gasteiger partial charge >= 0.3 is 5.97 Å². The first-order valence-electron chi connectivity index (χ1n) is 9.62.